The van der Waals surface area contributed by atoms with Gasteiger partial charge in [0.15, 0.2) is 0 Å². The van der Waals surface area contributed by atoms with Gasteiger partial charge >= 0.3 is 12.1 Å². The summed E-state index contributed by atoms with van der Waals surface area (Å²) in [6.45, 7) is 3.14. The molecule has 3 atom stereocenters. The highest BCUT2D eigenvalue weighted by atomic mass is 16.5. The maximum atomic E-state index is 13.0. The van der Waals surface area contributed by atoms with E-state index in [1.54, 1.807) is 6.92 Å². The zero-order valence-corrected chi connectivity index (χ0v) is 20.0. The van der Waals surface area contributed by atoms with Gasteiger partial charge in [0, 0.05) is 18.5 Å². The molecule has 2 aromatic carbocycles. The Balaban J connectivity index is 1.37. The fraction of sp³-hybridized carbons (Fsp3) is 0.444. The molecule has 2 aromatic rings. The average molecular weight is 481 g/mol. The minimum Gasteiger partial charge on any atom is -0.481 e. The molecule has 0 heterocycles. The number of rotatable bonds is 8. The van der Waals surface area contributed by atoms with Crippen LogP contribution < -0.4 is 10.6 Å². The van der Waals surface area contributed by atoms with Crippen molar-refractivity contribution in [1.82, 2.24) is 10.6 Å². The van der Waals surface area contributed by atoms with Crippen LogP contribution in [0.3, 0.4) is 0 Å². The van der Waals surface area contributed by atoms with E-state index in [0.29, 0.717) is 12.8 Å². The number of benzene rings is 2. The standard InChI is InChI=1S/C27H32N2O6/c1-26(34,14-23(30)31)16-28-24(32)27(2)13-7-12-22(27)29-25(33)35-15-21-19-10-5-3-8-17(19)18-9-4-6-11-20(18)21/h3-6,8-11,21-22,34H,7,12-16H2,1-2H3,(H,28,32)(H,29,33)(H,30,31). The van der Waals surface area contributed by atoms with E-state index in [0.717, 1.165) is 28.7 Å². The van der Waals surface area contributed by atoms with Gasteiger partial charge in [0.2, 0.25) is 5.91 Å². The Hall–Kier alpha value is -3.39. The third-order valence-corrected chi connectivity index (χ3v) is 7.27. The van der Waals surface area contributed by atoms with Gasteiger partial charge in [-0.25, -0.2) is 4.79 Å². The summed E-state index contributed by atoms with van der Waals surface area (Å²) in [5.74, 6) is -1.53. The van der Waals surface area contributed by atoms with Crippen molar-refractivity contribution in [3.05, 3.63) is 59.7 Å². The molecule has 8 heteroatoms. The molecule has 0 spiro atoms. The van der Waals surface area contributed by atoms with Crippen molar-refractivity contribution in [3.63, 3.8) is 0 Å². The van der Waals surface area contributed by atoms with Crippen LogP contribution in [0.15, 0.2) is 48.5 Å². The van der Waals surface area contributed by atoms with Crippen LogP contribution in [0.2, 0.25) is 0 Å². The maximum absolute atomic E-state index is 13.0. The molecule has 35 heavy (non-hydrogen) atoms. The summed E-state index contributed by atoms with van der Waals surface area (Å²) >= 11 is 0. The molecule has 1 saturated carbocycles. The van der Waals surface area contributed by atoms with Gasteiger partial charge in [0.05, 0.1) is 17.4 Å². The molecule has 0 bridgehead atoms. The minimum atomic E-state index is -1.56. The van der Waals surface area contributed by atoms with E-state index in [-0.39, 0.29) is 25.0 Å². The number of ether oxygens (including phenoxy) is 1. The van der Waals surface area contributed by atoms with Gasteiger partial charge in [-0.3, -0.25) is 9.59 Å². The van der Waals surface area contributed by atoms with Gasteiger partial charge in [-0.15, -0.1) is 0 Å². The van der Waals surface area contributed by atoms with Gasteiger partial charge in [-0.1, -0.05) is 55.0 Å². The molecule has 0 aromatic heterocycles. The number of aliphatic carboxylic acids is 1. The van der Waals surface area contributed by atoms with E-state index in [1.165, 1.54) is 6.92 Å². The van der Waals surface area contributed by atoms with E-state index in [4.69, 9.17) is 9.84 Å². The zero-order chi connectivity index (χ0) is 25.2. The summed E-state index contributed by atoms with van der Waals surface area (Å²) in [5, 5.41) is 24.7. The third-order valence-electron chi connectivity index (χ3n) is 7.27. The number of nitrogens with one attached hydrogen (secondary N) is 2. The highest BCUT2D eigenvalue weighted by Gasteiger charge is 2.46. The van der Waals surface area contributed by atoms with Crippen molar-refractivity contribution < 1.29 is 29.3 Å². The Labute approximate surface area is 204 Å². The molecule has 2 amide bonds. The number of amides is 2. The fourth-order valence-corrected chi connectivity index (χ4v) is 5.31. The average Bonchev–Trinajstić information content (AvgIpc) is 3.34. The Morgan fingerprint density at radius 3 is 2.29 bits per heavy atom. The molecule has 0 aliphatic heterocycles. The van der Waals surface area contributed by atoms with Crippen molar-refractivity contribution in [2.24, 2.45) is 5.41 Å². The number of carbonyl (C=O) groups is 3. The van der Waals surface area contributed by atoms with E-state index >= 15 is 0 Å². The van der Waals surface area contributed by atoms with Crippen molar-refractivity contribution in [2.45, 2.75) is 57.1 Å². The van der Waals surface area contributed by atoms with Crippen LogP contribution in [-0.4, -0.2) is 53.0 Å². The molecular formula is C27H32N2O6. The molecule has 2 aliphatic rings. The first kappa shape index (κ1) is 24.7. The van der Waals surface area contributed by atoms with Crippen LogP contribution >= 0.6 is 0 Å². The molecule has 186 valence electrons. The number of aliphatic hydroxyl groups is 1. The predicted octanol–water partition coefficient (Wildman–Crippen LogP) is 3.43. The summed E-state index contributed by atoms with van der Waals surface area (Å²) in [6.07, 6.45) is 0.888. The Kier molecular flexibility index (Phi) is 6.85. The normalized spacial score (nSPS) is 22.5. The number of carboxylic acids is 1. The van der Waals surface area contributed by atoms with Crippen molar-refractivity contribution >= 4 is 18.0 Å². The van der Waals surface area contributed by atoms with Crippen molar-refractivity contribution in [1.29, 1.82) is 0 Å². The lowest BCUT2D eigenvalue weighted by Gasteiger charge is -2.32. The monoisotopic (exact) mass is 480 g/mol. The maximum Gasteiger partial charge on any atom is 0.407 e. The van der Waals surface area contributed by atoms with Crippen LogP contribution in [0.1, 0.15) is 56.6 Å². The zero-order valence-electron chi connectivity index (χ0n) is 20.0. The number of alkyl carbamates (subject to hydrolysis) is 1. The third kappa shape index (κ3) is 5.17. The second-order valence-corrected chi connectivity index (χ2v) is 10.1. The number of hydrogen-bond acceptors (Lipinski definition) is 5. The number of hydrogen-bond donors (Lipinski definition) is 4. The molecule has 4 rings (SSSR count). The predicted molar refractivity (Wildman–Crippen MR) is 130 cm³/mol. The van der Waals surface area contributed by atoms with Crippen LogP contribution in [0.25, 0.3) is 11.1 Å². The van der Waals surface area contributed by atoms with Gasteiger partial charge < -0.3 is 25.6 Å². The lowest BCUT2D eigenvalue weighted by molar-refractivity contribution is -0.143. The SMILES string of the molecule is CC(O)(CNC(=O)C1(C)CCCC1NC(=O)OCC1c2ccccc2-c2ccccc21)CC(=O)O. The number of carboxylic acid groups (broad SMARTS) is 1. The van der Waals surface area contributed by atoms with Crippen LogP contribution in [0.5, 0.6) is 0 Å². The summed E-state index contributed by atoms with van der Waals surface area (Å²) in [5.41, 5.74) is 2.10. The van der Waals surface area contributed by atoms with Gasteiger partial charge in [-0.05, 0) is 48.9 Å². The van der Waals surface area contributed by atoms with Gasteiger partial charge in [-0.2, -0.15) is 0 Å². The quantitative estimate of drug-likeness (QED) is 0.459. The highest BCUT2D eigenvalue weighted by molar-refractivity contribution is 5.84. The van der Waals surface area contributed by atoms with E-state index in [1.807, 2.05) is 24.3 Å². The Morgan fingerprint density at radius 1 is 1.09 bits per heavy atom. The molecule has 4 N–H and O–H groups in total. The second kappa shape index (κ2) is 9.70. The molecule has 3 unspecified atom stereocenters. The highest BCUT2D eigenvalue weighted by Crippen LogP contribution is 2.44. The van der Waals surface area contributed by atoms with E-state index in [9.17, 15) is 19.5 Å². The first-order chi connectivity index (χ1) is 16.6. The summed E-state index contributed by atoms with van der Waals surface area (Å²) in [6, 6.07) is 15.8. The summed E-state index contributed by atoms with van der Waals surface area (Å²) in [7, 11) is 0. The summed E-state index contributed by atoms with van der Waals surface area (Å²) in [4.78, 5) is 36.6. The van der Waals surface area contributed by atoms with Crippen molar-refractivity contribution in [3.8, 4) is 11.1 Å². The molecule has 0 radical (unpaired) electrons. The van der Waals surface area contributed by atoms with E-state index in [2.05, 4.69) is 34.9 Å². The second-order valence-electron chi connectivity index (χ2n) is 10.1. The lowest BCUT2D eigenvalue weighted by atomic mass is 9.83. The van der Waals surface area contributed by atoms with Gasteiger partial charge in [0.1, 0.15) is 6.61 Å². The van der Waals surface area contributed by atoms with Crippen LogP contribution in [-0.2, 0) is 14.3 Å². The van der Waals surface area contributed by atoms with Gasteiger partial charge in [0.25, 0.3) is 0 Å². The Bertz CT molecular complexity index is 1080. The molecule has 2 aliphatic carbocycles. The topological polar surface area (TPSA) is 125 Å². The fourth-order valence-electron chi connectivity index (χ4n) is 5.31. The van der Waals surface area contributed by atoms with E-state index < -0.39 is 35.5 Å². The molecule has 0 saturated heterocycles. The number of carbonyl (C=O) groups excluding carboxylic acids is 2. The lowest BCUT2D eigenvalue weighted by Crippen LogP contribution is -2.53. The van der Waals surface area contributed by atoms with Crippen LogP contribution in [0.4, 0.5) is 4.79 Å². The molecular weight excluding hydrogens is 448 g/mol. The first-order valence-electron chi connectivity index (χ1n) is 11.9. The van der Waals surface area contributed by atoms with Crippen molar-refractivity contribution in [2.75, 3.05) is 13.2 Å². The number of fused-ring (bicyclic) bond motifs is 3. The first-order valence-corrected chi connectivity index (χ1v) is 11.9. The molecule has 8 nitrogen and oxygen atoms in total. The smallest absolute Gasteiger partial charge is 0.407 e. The summed E-state index contributed by atoms with van der Waals surface area (Å²) < 4.78 is 5.65. The van der Waals surface area contributed by atoms with Crippen LogP contribution in [0, 0.1) is 5.41 Å². The molecule has 1 fully saturated rings. The largest absolute Gasteiger partial charge is 0.481 e. The Morgan fingerprint density at radius 2 is 1.69 bits per heavy atom. The minimum absolute atomic E-state index is 0.0529.